The van der Waals surface area contributed by atoms with Gasteiger partial charge in [-0.3, -0.25) is 0 Å². The van der Waals surface area contributed by atoms with Crippen LogP contribution >= 0.6 is 15.9 Å². The van der Waals surface area contributed by atoms with Crippen LogP contribution in [0.3, 0.4) is 0 Å². The molecule has 0 aliphatic carbocycles. The topological polar surface area (TPSA) is 93.7 Å². The highest BCUT2D eigenvalue weighted by molar-refractivity contribution is 9.10. The highest BCUT2D eigenvalue weighted by Gasteiger charge is 2.17. The SMILES string of the molecule is COC(=O)c1ccc(C(=O)OC)c(NC(=O)Nc2ccccc2Br)c1. The highest BCUT2D eigenvalue weighted by Crippen LogP contribution is 2.23. The average Bonchev–Trinajstić information content (AvgIpc) is 2.62. The normalized spacial score (nSPS) is 9.88. The number of halogens is 1. The van der Waals surface area contributed by atoms with Crippen LogP contribution in [-0.4, -0.2) is 32.2 Å². The molecule has 2 N–H and O–H groups in total. The van der Waals surface area contributed by atoms with Crippen LogP contribution in [-0.2, 0) is 9.47 Å². The Balaban J connectivity index is 2.29. The molecule has 0 aromatic heterocycles. The van der Waals surface area contributed by atoms with E-state index < -0.39 is 18.0 Å². The standard InChI is InChI=1S/C17H15BrN2O5/c1-24-15(21)10-7-8-11(16(22)25-2)14(9-10)20-17(23)19-13-6-4-3-5-12(13)18/h3-9H,1-2H3,(H2,19,20,23). The van der Waals surface area contributed by atoms with Gasteiger partial charge in [0.15, 0.2) is 0 Å². The second kappa shape index (κ2) is 8.29. The summed E-state index contributed by atoms with van der Waals surface area (Å²) in [6, 6.07) is 10.6. The third kappa shape index (κ3) is 4.57. The fraction of sp³-hybridized carbons (Fsp3) is 0.118. The van der Waals surface area contributed by atoms with Crippen molar-refractivity contribution in [2.45, 2.75) is 0 Å². The largest absolute Gasteiger partial charge is 0.465 e. The van der Waals surface area contributed by atoms with Crippen LogP contribution in [0.2, 0.25) is 0 Å². The first-order valence-corrected chi connectivity index (χ1v) is 7.88. The first-order chi connectivity index (χ1) is 12.0. The number of para-hydroxylation sites is 1. The number of ether oxygens (including phenoxy) is 2. The molecule has 0 fully saturated rings. The number of amides is 2. The summed E-state index contributed by atoms with van der Waals surface area (Å²) in [7, 11) is 2.46. The third-order valence-corrected chi connectivity index (χ3v) is 3.91. The number of methoxy groups -OCH3 is 2. The zero-order valence-corrected chi connectivity index (χ0v) is 15.0. The Morgan fingerprint density at radius 3 is 2.16 bits per heavy atom. The van der Waals surface area contributed by atoms with E-state index >= 15 is 0 Å². The third-order valence-electron chi connectivity index (χ3n) is 3.22. The molecule has 2 aromatic carbocycles. The van der Waals surface area contributed by atoms with Crippen molar-refractivity contribution < 1.29 is 23.9 Å². The van der Waals surface area contributed by atoms with Crippen molar-refractivity contribution >= 4 is 45.3 Å². The van der Waals surface area contributed by atoms with Gasteiger partial charge in [-0.15, -0.1) is 0 Å². The first-order valence-electron chi connectivity index (χ1n) is 7.09. The maximum Gasteiger partial charge on any atom is 0.339 e. The van der Waals surface area contributed by atoms with E-state index in [4.69, 9.17) is 0 Å². The van der Waals surface area contributed by atoms with Crippen LogP contribution in [0.15, 0.2) is 46.9 Å². The summed E-state index contributed by atoms with van der Waals surface area (Å²) >= 11 is 3.32. The minimum atomic E-state index is -0.646. The molecule has 25 heavy (non-hydrogen) atoms. The summed E-state index contributed by atoms with van der Waals surface area (Å²) in [5, 5.41) is 5.18. The van der Waals surface area contributed by atoms with E-state index in [1.807, 2.05) is 6.07 Å². The van der Waals surface area contributed by atoms with E-state index in [-0.39, 0.29) is 16.8 Å². The summed E-state index contributed by atoms with van der Waals surface area (Å²) in [5.41, 5.74) is 0.965. The molecule has 0 aliphatic rings. The molecule has 0 atom stereocenters. The number of nitrogens with one attached hydrogen (secondary N) is 2. The van der Waals surface area contributed by atoms with Crippen molar-refractivity contribution in [3.8, 4) is 0 Å². The Kier molecular flexibility index (Phi) is 6.13. The number of rotatable bonds is 4. The summed E-state index contributed by atoms with van der Waals surface area (Å²) in [5.74, 6) is -1.24. The summed E-state index contributed by atoms with van der Waals surface area (Å²) < 4.78 is 10.0. The molecule has 0 spiro atoms. The van der Waals surface area contributed by atoms with Gasteiger partial charge in [-0.1, -0.05) is 12.1 Å². The average molecular weight is 407 g/mol. The predicted octanol–water partition coefficient (Wildman–Crippen LogP) is 3.67. The Bertz CT molecular complexity index is 822. The van der Waals surface area contributed by atoms with Gasteiger partial charge >= 0.3 is 18.0 Å². The molecule has 0 radical (unpaired) electrons. The summed E-state index contributed by atoms with van der Waals surface area (Å²) in [6.07, 6.45) is 0. The number of hydrogen-bond donors (Lipinski definition) is 2. The maximum absolute atomic E-state index is 12.2. The van der Waals surface area contributed by atoms with Crippen molar-refractivity contribution in [2.75, 3.05) is 24.9 Å². The van der Waals surface area contributed by atoms with Crippen LogP contribution < -0.4 is 10.6 Å². The van der Waals surface area contributed by atoms with Crippen molar-refractivity contribution in [1.82, 2.24) is 0 Å². The molecule has 0 unspecified atom stereocenters. The lowest BCUT2D eigenvalue weighted by molar-refractivity contribution is 0.0587. The van der Waals surface area contributed by atoms with E-state index in [0.717, 1.165) is 0 Å². The van der Waals surface area contributed by atoms with E-state index in [2.05, 4.69) is 36.0 Å². The number of urea groups is 1. The van der Waals surface area contributed by atoms with Gasteiger partial charge < -0.3 is 20.1 Å². The molecule has 0 saturated heterocycles. The van der Waals surface area contributed by atoms with Gasteiger partial charge in [-0.05, 0) is 46.3 Å². The van der Waals surface area contributed by atoms with Crippen molar-refractivity contribution in [3.63, 3.8) is 0 Å². The Labute approximate surface area is 152 Å². The minimum absolute atomic E-state index is 0.109. The van der Waals surface area contributed by atoms with Gasteiger partial charge in [0.1, 0.15) is 0 Å². The van der Waals surface area contributed by atoms with Gasteiger partial charge in [-0.2, -0.15) is 0 Å². The summed E-state index contributed by atoms with van der Waals surface area (Å²) in [4.78, 5) is 35.8. The molecule has 0 saturated carbocycles. The lowest BCUT2D eigenvalue weighted by atomic mass is 10.1. The van der Waals surface area contributed by atoms with Crippen molar-refractivity contribution in [2.24, 2.45) is 0 Å². The second-order valence-corrected chi connectivity index (χ2v) is 5.66. The van der Waals surface area contributed by atoms with Crippen molar-refractivity contribution in [1.29, 1.82) is 0 Å². The maximum atomic E-state index is 12.2. The quantitative estimate of drug-likeness (QED) is 0.755. The number of carbonyl (C=O) groups is 3. The zero-order valence-electron chi connectivity index (χ0n) is 13.5. The monoisotopic (exact) mass is 406 g/mol. The molecule has 0 aliphatic heterocycles. The van der Waals surface area contributed by atoms with Gasteiger partial charge in [0, 0.05) is 4.47 Å². The molecular formula is C17H15BrN2O5. The van der Waals surface area contributed by atoms with E-state index in [0.29, 0.717) is 10.2 Å². The number of esters is 2. The Morgan fingerprint density at radius 1 is 0.880 bits per heavy atom. The number of anilines is 2. The molecule has 0 heterocycles. The molecule has 8 heteroatoms. The molecular weight excluding hydrogens is 392 g/mol. The predicted molar refractivity (Wildman–Crippen MR) is 95.9 cm³/mol. The van der Waals surface area contributed by atoms with Gasteiger partial charge in [0.25, 0.3) is 0 Å². The van der Waals surface area contributed by atoms with Gasteiger partial charge in [0.2, 0.25) is 0 Å². The number of benzene rings is 2. The number of hydrogen-bond acceptors (Lipinski definition) is 5. The van der Waals surface area contributed by atoms with Crippen LogP contribution in [0, 0.1) is 0 Å². The Morgan fingerprint density at radius 2 is 1.52 bits per heavy atom. The van der Waals surface area contributed by atoms with Gasteiger partial charge in [-0.25, -0.2) is 14.4 Å². The van der Waals surface area contributed by atoms with Crippen LogP contribution in [0.1, 0.15) is 20.7 Å². The van der Waals surface area contributed by atoms with E-state index in [9.17, 15) is 14.4 Å². The van der Waals surface area contributed by atoms with Crippen LogP contribution in [0.5, 0.6) is 0 Å². The highest BCUT2D eigenvalue weighted by atomic mass is 79.9. The molecule has 2 rings (SSSR count). The van der Waals surface area contributed by atoms with Crippen molar-refractivity contribution in [3.05, 3.63) is 58.1 Å². The number of carbonyl (C=O) groups excluding carboxylic acids is 3. The molecule has 0 bridgehead atoms. The second-order valence-electron chi connectivity index (χ2n) is 4.80. The molecule has 2 aromatic rings. The molecule has 2 amide bonds. The minimum Gasteiger partial charge on any atom is -0.465 e. The van der Waals surface area contributed by atoms with Crippen LogP contribution in [0.4, 0.5) is 16.2 Å². The van der Waals surface area contributed by atoms with E-state index in [1.165, 1.54) is 32.4 Å². The lowest BCUT2D eigenvalue weighted by Crippen LogP contribution is -2.22. The Hall–Kier alpha value is -2.87. The first kappa shape index (κ1) is 18.5. The van der Waals surface area contributed by atoms with Gasteiger partial charge in [0.05, 0.1) is 36.7 Å². The van der Waals surface area contributed by atoms with Crippen LogP contribution in [0.25, 0.3) is 0 Å². The fourth-order valence-electron chi connectivity index (χ4n) is 2.02. The summed E-state index contributed by atoms with van der Waals surface area (Å²) in [6.45, 7) is 0. The lowest BCUT2D eigenvalue weighted by Gasteiger charge is -2.13. The molecule has 130 valence electrons. The molecule has 7 nitrogen and oxygen atoms in total. The fourth-order valence-corrected chi connectivity index (χ4v) is 2.40. The zero-order chi connectivity index (χ0) is 18.4. The van der Waals surface area contributed by atoms with E-state index in [1.54, 1.807) is 18.2 Å². The smallest absolute Gasteiger partial charge is 0.339 e.